The molecule has 0 aromatic heterocycles. The first-order valence-electron chi connectivity index (χ1n) is 5.63. The molecular weight excluding hydrogens is 178 g/mol. The zero-order chi connectivity index (χ0) is 10.4. The molecule has 1 atom stereocenters. The molecule has 0 bridgehead atoms. The van der Waals surface area contributed by atoms with Crippen LogP contribution in [-0.2, 0) is 9.47 Å². The predicted molar refractivity (Wildman–Crippen MR) is 57.3 cm³/mol. The van der Waals surface area contributed by atoms with E-state index in [4.69, 9.17) is 15.2 Å². The summed E-state index contributed by atoms with van der Waals surface area (Å²) in [6.45, 7) is 3.53. The van der Waals surface area contributed by atoms with E-state index in [0.29, 0.717) is 6.61 Å². The summed E-state index contributed by atoms with van der Waals surface area (Å²) in [5.41, 5.74) is 6.01. The number of hydrogen-bond donors (Lipinski definition) is 1. The topological polar surface area (TPSA) is 44.5 Å². The Morgan fingerprint density at radius 1 is 1.36 bits per heavy atom. The van der Waals surface area contributed by atoms with Gasteiger partial charge in [0.25, 0.3) is 0 Å². The highest BCUT2D eigenvalue weighted by Gasteiger charge is 2.39. The molecule has 1 rings (SSSR count). The summed E-state index contributed by atoms with van der Waals surface area (Å²) in [4.78, 5) is 0. The highest BCUT2D eigenvalue weighted by atomic mass is 16.5. The van der Waals surface area contributed by atoms with Crippen LogP contribution in [0.4, 0.5) is 0 Å². The van der Waals surface area contributed by atoms with Crippen LogP contribution in [0.1, 0.15) is 39.0 Å². The van der Waals surface area contributed by atoms with Crippen LogP contribution < -0.4 is 5.73 Å². The maximum atomic E-state index is 6.12. The summed E-state index contributed by atoms with van der Waals surface area (Å²) in [6.07, 6.45) is 5.68. The molecule has 0 spiro atoms. The van der Waals surface area contributed by atoms with E-state index in [2.05, 4.69) is 6.92 Å². The van der Waals surface area contributed by atoms with Gasteiger partial charge in [0.15, 0.2) is 0 Å². The summed E-state index contributed by atoms with van der Waals surface area (Å²) in [7, 11) is 1.77. The van der Waals surface area contributed by atoms with Crippen LogP contribution in [0.2, 0.25) is 0 Å². The lowest BCUT2D eigenvalue weighted by atomic mass is 9.93. The van der Waals surface area contributed by atoms with E-state index in [1.807, 2.05) is 0 Å². The van der Waals surface area contributed by atoms with Gasteiger partial charge in [-0.1, -0.05) is 19.8 Å². The van der Waals surface area contributed by atoms with Crippen LogP contribution in [-0.4, -0.2) is 32.0 Å². The van der Waals surface area contributed by atoms with Crippen molar-refractivity contribution in [1.29, 1.82) is 0 Å². The highest BCUT2D eigenvalue weighted by molar-refractivity contribution is 4.95. The Morgan fingerprint density at radius 3 is 2.50 bits per heavy atom. The van der Waals surface area contributed by atoms with Crippen molar-refractivity contribution in [2.24, 2.45) is 5.73 Å². The number of rotatable bonds is 6. The van der Waals surface area contributed by atoms with E-state index in [9.17, 15) is 0 Å². The molecule has 0 aromatic rings. The van der Waals surface area contributed by atoms with Gasteiger partial charge in [0.05, 0.1) is 18.2 Å². The van der Waals surface area contributed by atoms with Gasteiger partial charge in [-0.15, -0.1) is 0 Å². The Hall–Kier alpha value is -0.120. The number of ether oxygens (including phenoxy) is 2. The standard InChI is InChI=1S/C11H23NO2/c1-3-8-14-9-10(12)11(13-2)6-4-5-7-11/h10H,3-9,12H2,1-2H3. The van der Waals surface area contributed by atoms with Crippen LogP contribution in [0.5, 0.6) is 0 Å². The number of hydrogen-bond acceptors (Lipinski definition) is 3. The molecule has 3 heteroatoms. The van der Waals surface area contributed by atoms with Crippen molar-refractivity contribution < 1.29 is 9.47 Å². The van der Waals surface area contributed by atoms with Gasteiger partial charge >= 0.3 is 0 Å². The zero-order valence-corrected chi connectivity index (χ0v) is 9.42. The fourth-order valence-corrected chi connectivity index (χ4v) is 2.21. The van der Waals surface area contributed by atoms with Crippen LogP contribution in [0, 0.1) is 0 Å². The third-order valence-electron chi connectivity index (χ3n) is 3.18. The maximum absolute atomic E-state index is 6.12. The summed E-state index contributed by atoms with van der Waals surface area (Å²) in [6, 6.07) is 0.0292. The number of methoxy groups -OCH3 is 1. The van der Waals surface area contributed by atoms with E-state index in [1.165, 1.54) is 12.8 Å². The molecule has 3 nitrogen and oxygen atoms in total. The smallest absolute Gasteiger partial charge is 0.0851 e. The molecule has 0 radical (unpaired) electrons. The molecule has 0 aliphatic heterocycles. The van der Waals surface area contributed by atoms with E-state index in [-0.39, 0.29) is 11.6 Å². The molecule has 84 valence electrons. The summed E-state index contributed by atoms with van der Waals surface area (Å²) in [5.74, 6) is 0. The van der Waals surface area contributed by atoms with Gasteiger partial charge in [-0.2, -0.15) is 0 Å². The highest BCUT2D eigenvalue weighted by Crippen LogP contribution is 2.34. The molecule has 2 N–H and O–H groups in total. The zero-order valence-electron chi connectivity index (χ0n) is 9.42. The lowest BCUT2D eigenvalue weighted by Crippen LogP contribution is -2.50. The lowest BCUT2D eigenvalue weighted by Gasteiger charge is -2.33. The molecule has 1 unspecified atom stereocenters. The minimum atomic E-state index is -0.103. The monoisotopic (exact) mass is 201 g/mol. The average Bonchev–Trinajstić information content (AvgIpc) is 2.67. The van der Waals surface area contributed by atoms with Crippen LogP contribution in [0.25, 0.3) is 0 Å². The van der Waals surface area contributed by atoms with Gasteiger partial charge in [-0.05, 0) is 19.3 Å². The molecule has 1 aliphatic carbocycles. The van der Waals surface area contributed by atoms with Gasteiger partial charge in [0, 0.05) is 13.7 Å². The van der Waals surface area contributed by atoms with E-state index >= 15 is 0 Å². The molecule has 0 amide bonds. The van der Waals surface area contributed by atoms with Crippen LogP contribution >= 0.6 is 0 Å². The molecule has 0 saturated heterocycles. The van der Waals surface area contributed by atoms with Crippen LogP contribution in [0.15, 0.2) is 0 Å². The third kappa shape index (κ3) is 2.69. The maximum Gasteiger partial charge on any atom is 0.0851 e. The largest absolute Gasteiger partial charge is 0.380 e. The first-order chi connectivity index (χ1) is 6.75. The third-order valence-corrected chi connectivity index (χ3v) is 3.18. The Kier molecular flexibility index (Phi) is 4.85. The Labute approximate surface area is 86.9 Å². The molecule has 0 aromatic carbocycles. The summed E-state index contributed by atoms with van der Waals surface area (Å²) in [5, 5.41) is 0. The van der Waals surface area contributed by atoms with Gasteiger partial charge in [-0.3, -0.25) is 0 Å². The Morgan fingerprint density at radius 2 is 2.00 bits per heavy atom. The first-order valence-corrected chi connectivity index (χ1v) is 5.63. The lowest BCUT2D eigenvalue weighted by molar-refractivity contribution is -0.0485. The first kappa shape index (κ1) is 12.0. The van der Waals surface area contributed by atoms with E-state index in [1.54, 1.807) is 7.11 Å². The van der Waals surface area contributed by atoms with E-state index < -0.39 is 0 Å². The SMILES string of the molecule is CCCOCC(N)C1(OC)CCCC1. The Balaban J connectivity index is 2.35. The van der Waals surface area contributed by atoms with Crippen LogP contribution in [0.3, 0.4) is 0 Å². The fraction of sp³-hybridized carbons (Fsp3) is 1.00. The van der Waals surface area contributed by atoms with Crippen molar-refractivity contribution in [3.63, 3.8) is 0 Å². The normalized spacial score (nSPS) is 22.5. The van der Waals surface area contributed by atoms with E-state index in [0.717, 1.165) is 25.9 Å². The second-order valence-electron chi connectivity index (χ2n) is 4.16. The molecule has 1 fully saturated rings. The van der Waals surface area contributed by atoms with Crippen molar-refractivity contribution in [2.75, 3.05) is 20.3 Å². The van der Waals surface area contributed by atoms with Crippen molar-refractivity contribution in [1.82, 2.24) is 0 Å². The molecule has 1 aliphatic rings. The van der Waals surface area contributed by atoms with Gasteiger partial charge < -0.3 is 15.2 Å². The summed E-state index contributed by atoms with van der Waals surface area (Å²) < 4.78 is 11.1. The average molecular weight is 201 g/mol. The second kappa shape index (κ2) is 5.69. The molecule has 0 heterocycles. The Bertz CT molecular complexity index is 155. The van der Waals surface area contributed by atoms with Crippen molar-refractivity contribution >= 4 is 0 Å². The summed E-state index contributed by atoms with van der Waals surface area (Å²) >= 11 is 0. The molecule has 1 saturated carbocycles. The predicted octanol–water partition coefficient (Wildman–Crippen LogP) is 1.70. The van der Waals surface area contributed by atoms with Gasteiger partial charge in [0.2, 0.25) is 0 Å². The molecule has 14 heavy (non-hydrogen) atoms. The number of nitrogens with two attached hydrogens (primary N) is 1. The van der Waals surface area contributed by atoms with Gasteiger partial charge in [0.1, 0.15) is 0 Å². The van der Waals surface area contributed by atoms with Crippen molar-refractivity contribution in [3.8, 4) is 0 Å². The van der Waals surface area contributed by atoms with Crippen molar-refractivity contribution in [3.05, 3.63) is 0 Å². The van der Waals surface area contributed by atoms with Gasteiger partial charge in [-0.25, -0.2) is 0 Å². The quantitative estimate of drug-likeness (QED) is 0.665. The fourth-order valence-electron chi connectivity index (χ4n) is 2.21. The minimum absolute atomic E-state index is 0.0292. The second-order valence-corrected chi connectivity index (χ2v) is 4.16. The minimum Gasteiger partial charge on any atom is -0.380 e. The van der Waals surface area contributed by atoms with Crippen molar-refractivity contribution in [2.45, 2.75) is 50.7 Å². The molecular formula is C11H23NO2.